The lowest BCUT2D eigenvalue weighted by atomic mass is 9.98. The third kappa shape index (κ3) is 4.24. The maximum atomic E-state index is 13.8. The largest absolute Gasteiger partial charge is 0.481 e. The van der Waals surface area contributed by atoms with Gasteiger partial charge in [0.1, 0.15) is 5.52 Å². The molecule has 1 aliphatic heterocycles. The van der Waals surface area contributed by atoms with E-state index in [1.807, 2.05) is 11.0 Å². The molecule has 0 bridgehead atoms. The monoisotopic (exact) mass is 471 g/mol. The number of pyridine rings is 1. The summed E-state index contributed by atoms with van der Waals surface area (Å²) in [5, 5.41) is 8.99. The number of alkyl halides is 3. The van der Waals surface area contributed by atoms with Crippen molar-refractivity contribution in [2.45, 2.75) is 12.7 Å². The molecule has 0 amide bonds. The summed E-state index contributed by atoms with van der Waals surface area (Å²) >= 11 is 0. The summed E-state index contributed by atoms with van der Waals surface area (Å²) < 4.78 is 60.3. The van der Waals surface area contributed by atoms with Crippen molar-refractivity contribution >= 4 is 17.1 Å². The molecular formula is C24H17F4N3O3. The summed E-state index contributed by atoms with van der Waals surface area (Å²) in [4.78, 5) is 20.7. The summed E-state index contributed by atoms with van der Waals surface area (Å²) in [6.45, 7) is 1.47. The molecule has 0 unspecified atom stereocenters. The minimum atomic E-state index is -4.66. The van der Waals surface area contributed by atoms with Crippen LogP contribution in [0.3, 0.4) is 0 Å². The van der Waals surface area contributed by atoms with Gasteiger partial charge >= 0.3 is 12.1 Å². The third-order valence-electron chi connectivity index (χ3n) is 5.77. The van der Waals surface area contributed by atoms with E-state index >= 15 is 0 Å². The van der Waals surface area contributed by atoms with Crippen LogP contribution in [0.5, 0.6) is 0 Å². The number of hydrogen-bond donors (Lipinski definition) is 1. The van der Waals surface area contributed by atoms with Gasteiger partial charge in [0.2, 0.25) is 11.8 Å². The first-order valence-electron chi connectivity index (χ1n) is 10.4. The van der Waals surface area contributed by atoms with Gasteiger partial charge in [0.25, 0.3) is 0 Å². The molecule has 34 heavy (non-hydrogen) atoms. The molecule has 1 aliphatic rings. The van der Waals surface area contributed by atoms with Crippen molar-refractivity contribution in [1.82, 2.24) is 14.9 Å². The molecule has 0 saturated carbocycles. The number of carbonyl (C=O) groups is 1. The van der Waals surface area contributed by atoms with E-state index in [2.05, 4.69) is 9.97 Å². The Bertz CT molecular complexity index is 1380. The van der Waals surface area contributed by atoms with Crippen LogP contribution in [0.4, 0.5) is 17.6 Å². The molecule has 0 radical (unpaired) electrons. The van der Waals surface area contributed by atoms with Crippen LogP contribution in [0.2, 0.25) is 0 Å². The fourth-order valence-corrected chi connectivity index (χ4v) is 4.01. The minimum absolute atomic E-state index is 0.0383. The van der Waals surface area contributed by atoms with Crippen LogP contribution < -0.4 is 0 Å². The number of aliphatic carboxylic acids is 1. The van der Waals surface area contributed by atoms with Crippen molar-refractivity contribution in [2.75, 3.05) is 13.1 Å². The van der Waals surface area contributed by atoms with Gasteiger partial charge in [0.15, 0.2) is 5.58 Å². The van der Waals surface area contributed by atoms with E-state index < -0.39 is 23.7 Å². The Balaban J connectivity index is 1.44. The number of likely N-dealkylation sites (tertiary alicyclic amines) is 1. The molecule has 174 valence electrons. The Labute approximate surface area is 190 Å². The molecule has 6 nitrogen and oxygen atoms in total. The number of carboxylic acids is 1. The SMILES string of the molecule is O=C(O)C1CN(Cc2ccc3oc(-c4ccc(-c5ccc(F)nc5)c(C(F)(F)F)c4)nc3c2)C1. The van der Waals surface area contributed by atoms with Crippen molar-refractivity contribution < 1.29 is 31.9 Å². The first-order chi connectivity index (χ1) is 16.2. The lowest BCUT2D eigenvalue weighted by molar-refractivity contribution is -0.147. The van der Waals surface area contributed by atoms with Crippen molar-refractivity contribution in [2.24, 2.45) is 5.92 Å². The van der Waals surface area contributed by atoms with Crippen LogP contribution in [0.25, 0.3) is 33.7 Å². The molecular weight excluding hydrogens is 454 g/mol. The number of halogens is 4. The molecule has 5 rings (SSSR count). The number of rotatable bonds is 5. The van der Waals surface area contributed by atoms with Gasteiger partial charge in [-0.25, -0.2) is 9.97 Å². The van der Waals surface area contributed by atoms with Crippen molar-refractivity contribution in [3.05, 3.63) is 71.8 Å². The highest BCUT2D eigenvalue weighted by Gasteiger charge is 2.35. The van der Waals surface area contributed by atoms with Crippen molar-refractivity contribution in [1.29, 1.82) is 0 Å². The lowest BCUT2D eigenvalue weighted by Gasteiger charge is -2.36. The molecule has 3 heterocycles. The smallest absolute Gasteiger partial charge is 0.417 e. The first-order valence-corrected chi connectivity index (χ1v) is 10.4. The fourth-order valence-electron chi connectivity index (χ4n) is 4.01. The molecule has 10 heteroatoms. The molecule has 4 aromatic rings. The van der Waals surface area contributed by atoms with Gasteiger partial charge < -0.3 is 9.52 Å². The number of aromatic nitrogens is 2. The number of nitrogens with zero attached hydrogens (tertiary/aromatic N) is 3. The zero-order valence-corrected chi connectivity index (χ0v) is 17.5. The number of benzene rings is 2. The van der Waals surface area contributed by atoms with Crippen LogP contribution >= 0.6 is 0 Å². The van der Waals surface area contributed by atoms with Crippen molar-refractivity contribution in [3.8, 4) is 22.6 Å². The third-order valence-corrected chi connectivity index (χ3v) is 5.77. The Morgan fingerprint density at radius 1 is 1.09 bits per heavy atom. The van der Waals surface area contributed by atoms with Gasteiger partial charge in [-0.05, 0) is 47.5 Å². The van der Waals surface area contributed by atoms with Gasteiger partial charge in [-0.2, -0.15) is 17.6 Å². The van der Waals surface area contributed by atoms with Gasteiger partial charge in [-0.1, -0.05) is 12.1 Å². The van der Waals surface area contributed by atoms with Crippen LogP contribution in [0.1, 0.15) is 11.1 Å². The van der Waals surface area contributed by atoms with E-state index in [4.69, 9.17) is 9.52 Å². The summed E-state index contributed by atoms with van der Waals surface area (Å²) in [6.07, 6.45) is -3.61. The highest BCUT2D eigenvalue weighted by Crippen LogP contribution is 2.39. The van der Waals surface area contributed by atoms with E-state index in [9.17, 15) is 22.4 Å². The van der Waals surface area contributed by atoms with Crippen LogP contribution in [-0.2, 0) is 17.5 Å². The van der Waals surface area contributed by atoms with Gasteiger partial charge in [-0.15, -0.1) is 0 Å². The molecule has 1 N–H and O–H groups in total. The Hall–Kier alpha value is -3.79. The minimum Gasteiger partial charge on any atom is -0.481 e. The molecule has 1 saturated heterocycles. The predicted octanol–water partition coefficient (Wildman–Crippen LogP) is 5.23. The van der Waals surface area contributed by atoms with Gasteiger partial charge in [0, 0.05) is 37.0 Å². The molecule has 0 atom stereocenters. The summed E-state index contributed by atoms with van der Waals surface area (Å²) in [5.41, 5.74) is 1.05. The van der Waals surface area contributed by atoms with Gasteiger partial charge in [-0.3, -0.25) is 9.69 Å². The molecule has 1 fully saturated rings. The second kappa shape index (κ2) is 8.21. The second-order valence-electron chi connectivity index (χ2n) is 8.18. The van der Waals surface area contributed by atoms with Crippen LogP contribution in [-0.4, -0.2) is 39.0 Å². The van der Waals surface area contributed by atoms with E-state index in [0.717, 1.165) is 23.9 Å². The molecule has 0 aliphatic carbocycles. The maximum Gasteiger partial charge on any atom is 0.417 e. The average Bonchev–Trinajstić information content (AvgIpc) is 3.19. The number of oxazole rings is 1. The van der Waals surface area contributed by atoms with Crippen LogP contribution in [0.15, 0.2) is 59.1 Å². The van der Waals surface area contributed by atoms with Crippen LogP contribution in [0, 0.1) is 11.9 Å². The first kappa shape index (κ1) is 22.0. The van der Waals surface area contributed by atoms with E-state index in [1.165, 1.54) is 18.2 Å². The zero-order valence-electron chi connectivity index (χ0n) is 17.5. The highest BCUT2D eigenvalue weighted by atomic mass is 19.4. The summed E-state index contributed by atoms with van der Waals surface area (Å²) in [6, 6.07) is 11.2. The van der Waals surface area contributed by atoms with Gasteiger partial charge in [0.05, 0.1) is 11.5 Å². The topological polar surface area (TPSA) is 79.5 Å². The number of hydrogen-bond acceptors (Lipinski definition) is 5. The normalized spacial score (nSPS) is 14.9. The highest BCUT2D eigenvalue weighted by molar-refractivity contribution is 5.78. The Kier molecular flexibility index (Phi) is 5.32. The fraction of sp³-hybridized carbons (Fsp3) is 0.208. The standard InChI is InChI=1S/C24H17F4N3O3/c25-21-6-3-15(9-29-21)17-4-2-14(8-18(17)24(26,27)28)22-30-19-7-13(1-5-20(19)34-22)10-31-11-16(12-31)23(32)33/h1-9,16H,10-12H2,(H,32,33). The predicted molar refractivity (Wildman–Crippen MR) is 114 cm³/mol. The number of fused-ring (bicyclic) bond motifs is 1. The Morgan fingerprint density at radius 2 is 1.85 bits per heavy atom. The van der Waals surface area contributed by atoms with E-state index in [1.54, 1.807) is 12.1 Å². The molecule has 2 aromatic carbocycles. The summed E-state index contributed by atoms with van der Waals surface area (Å²) in [5.74, 6) is -1.92. The molecule has 0 spiro atoms. The van der Waals surface area contributed by atoms with Crippen molar-refractivity contribution in [3.63, 3.8) is 0 Å². The number of carboxylic acid groups (broad SMARTS) is 1. The summed E-state index contributed by atoms with van der Waals surface area (Å²) in [7, 11) is 0. The zero-order chi connectivity index (χ0) is 24.0. The molecule has 2 aromatic heterocycles. The quantitative estimate of drug-likeness (QED) is 0.317. The maximum absolute atomic E-state index is 13.8. The second-order valence-corrected chi connectivity index (χ2v) is 8.18. The average molecular weight is 471 g/mol. The Morgan fingerprint density at radius 3 is 2.53 bits per heavy atom. The van der Waals surface area contributed by atoms with E-state index in [-0.39, 0.29) is 28.5 Å². The van der Waals surface area contributed by atoms with E-state index in [0.29, 0.717) is 30.7 Å². The lowest BCUT2D eigenvalue weighted by Crippen LogP contribution is -2.49.